The Morgan fingerprint density at radius 3 is 2.95 bits per heavy atom. The average molecular weight is 295 g/mol. The number of nitrogens with zero attached hydrogens (tertiary/aromatic N) is 4. The number of anilines is 1. The minimum Gasteiger partial charge on any atom is -0.394 e. The highest BCUT2D eigenvalue weighted by Crippen LogP contribution is 2.30. The van der Waals surface area contributed by atoms with E-state index in [-0.39, 0.29) is 24.1 Å². The van der Waals surface area contributed by atoms with Crippen LogP contribution in [0.25, 0.3) is 11.2 Å². The first-order valence-electron chi connectivity index (χ1n) is 6.60. The molecule has 1 fully saturated rings. The summed E-state index contributed by atoms with van der Waals surface area (Å²) in [6.45, 7) is -0.302. The highest BCUT2D eigenvalue weighted by Gasteiger charge is 2.36. The maximum Gasteiger partial charge on any atom is 0.283 e. The normalized spacial score (nSPS) is 25.6. The van der Waals surface area contributed by atoms with Crippen LogP contribution in [0.1, 0.15) is 12.6 Å². The van der Waals surface area contributed by atoms with Crippen molar-refractivity contribution in [2.45, 2.75) is 24.9 Å². The second kappa shape index (κ2) is 5.10. The van der Waals surface area contributed by atoms with Gasteiger partial charge in [0.05, 0.1) is 19.0 Å². The fourth-order valence-electron chi connectivity index (χ4n) is 2.50. The molecule has 0 aromatic carbocycles. The Bertz CT molecular complexity index is 709. The van der Waals surface area contributed by atoms with Crippen LogP contribution in [0.15, 0.2) is 11.1 Å². The third kappa shape index (κ3) is 2.19. The number of ether oxygens (including phenoxy) is 1. The molecule has 9 nitrogen and oxygen atoms in total. The molecule has 2 aromatic rings. The number of aliphatic hydroxyl groups excluding tert-OH is 2. The van der Waals surface area contributed by atoms with Crippen molar-refractivity contribution in [2.24, 2.45) is 0 Å². The number of aromatic amines is 1. The topological polar surface area (TPSA) is 117 Å². The van der Waals surface area contributed by atoms with Gasteiger partial charge in [0.1, 0.15) is 12.3 Å². The van der Waals surface area contributed by atoms with Crippen molar-refractivity contribution in [1.82, 2.24) is 19.5 Å². The van der Waals surface area contributed by atoms with Gasteiger partial charge in [-0.3, -0.25) is 4.79 Å². The predicted molar refractivity (Wildman–Crippen MR) is 74.1 cm³/mol. The van der Waals surface area contributed by atoms with E-state index in [0.717, 1.165) is 0 Å². The molecule has 0 aliphatic carbocycles. The van der Waals surface area contributed by atoms with E-state index in [1.54, 1.807) is 19.0 Å². The third-order valence-electron chi connectivity index (χ3n) is 3.55. The van der Waals surface area contributed by atoms with Crippen LogP contribution in [0.4, 0.5) is 5.95 Å². The molecule has 1 aliphatic heterocycles. The Labute approximate surface area is 119 Å². The van der Waals surface area contributed by atoms with E-state index < -0.39 is 18.4 Å². The maximum atomic E-state index is 12.6. The molecule has 0 radical (unpaired) electrons. The number of hydrogen-bond acceptors (Lipinski definition) is 7. The van der Waals surface area contributed by atoms with Crippen molar-refractivity contribution < 1.29 is 14.9 Å². The molecule has 114 valence electrons. The van der Waals surface area contributed by atoms with Gasteiger partial charge in [-0.1, -0.05) is 0 Å². The van der Waals surface area contributed by atoms with Gasteiger partial charge in [-0.15, -0.1) is 0 Å². The Balaban J connectivity index is 2.14. The monoisotopic (exact) mass is 295 g/mol. The second-order valence-electron chi connectivity index (χ2n) is 5.20. The Hall–Kier alpha value is -1.97. The highest BCUT2D eigenvalue weighted by atomic mass is 16.5. The number of rotatable bonds is 3. The average Bonchev–Trinajstić information content (AvgIpc) is 3.04. The van der Waals surface area contributed by atoms with Gasteiger partial charge < -0.3 is 24.8 Å². The van der Waals surface area contributed by atoms with Gasteiger partial charge in [0.15, 0.2) is 11.2 Å². The maximum absolute atomic E-state index is 12.6. The van der Waals surface area contributed by atoms with E-state index in [9.17, 15) is 15.0 Å². The molecular formula is C12H17N5O4. The van der Waals surface area contributed by atoms with Gasteiger partial charge in [-0.05, 0) is 0 Å². The van der Waals surface area contributed by atoms with Crippen LogP contribution in [-0.4, -0.2) is 62.6 Å². The highest BCUT2D eigenvalue weighted by molar-refractivity contribution is 5.70. The Kier molecular flexibility index (Phi) is 3.40. The lowest BCUT2D eigenvalue weighted by Gasteiger charge is -2.22. The van der Waals surface area contributed by atoms with E-state index in [1.165, 1.54) is 10.9 Å². The summed E-state index contributed by atoms with van der Waals surface area (Å²) in [5.74, 6) is 0.385. The quantitative estimate of drug-likeness (QED) is 0.653. The zero-order chi connectivity index (χ0) is 15.1. The van der Waals surface area contributed by atoms with Gasteiger partial charge in [0.25, 0.3) is 5.56 Å². The number of H-pyrrole nitrogens is 1. The van der Waals surface area contributed by atoms with E-state index in [4.69, 9.17) is 4.74 Å². The molecule has 9 heteroatoms. The van der Waals surface area contributed by atoms with Crippen molar-refractivity contribution in [2.75, 3.05) is 25.6 Å². The first-order valence-corrected chi connectivity index (χ1v) is 6.60. The first-order chi connectivity index (χ1) is 10.0. The number of fused-ring (bicyclic) bond motifs is 1. The molecule has 21 heavy (non-hydrogen) atoms. The van der Waals surface area contributed by atoms with Gasteiger partial charge in [-0.2, -0.15) is 4.98 Å². The fraction of sp³-hybridized carbons (Fsp3) is 0.583. The SMILES string of the molecule is CN(C)c1nc2nc[nH]c2c(=O)n1C1C[C@H](O)[C@@H](CO)O1. The summed E-state index contributed by atoms with van der Waals surface area (Å²) >= 11 is 0. The molecule has 3 atom stereocenters. The summed E-state index contributed by atoms with van der Waals surface area (Å²) in [7, 11) is 3.51. The number of hydrogen-bond donors (Lipinski definition) is 3. The zero-order valence-electron chi connectivity index (χ0n) is 11.7. The molecule has 3 heterocycles. The van der Waals surface area contributed by atoms with Crippen LogP contribution < -0.4 is 10.5 Å². The number of nitrogens with one attached hydrogen (secondary N) is 1. The third-order valence-corrected chi connectivity index (χ3v) is 3.55. The van der Waals surface area contributed by atoms with Gasteiger partial charge in [0, 0.05) is 20.5 Å². The molecule has 2 aromatic heterocycles. The summed E-state index contributed by atoms with van der Waals surface area (Å²) in [6, 6.07) is 0. The Morgan fingerprint density at radius 1 is 1.57 bits per heavy atom. The lowest BCUT2D eigenvalue weighted by molar-refractivity contribution is -0.0450. The molecule has 0 bridgehead atoms. The lowest BCUT2D eigenvalue weighted by Crippen LogP contribution is -2.32. The number of aromatic nitrogens is 4. The summed E-state index contributed by atoms with van der Waals surface area (Å²) in [4.78, 5) is 25.4. The van der Waals surface area contributed by atoms with Crippen molar-refractivity contribution in [3.8, 4) is 0 Å². The lowest BCUT2D eigenvalue weighted by atomic mass is 10.2. The van der Waals surface area contributed by atoms with Crippen LogP contribution >= 0.6 is 0 Å². The smallest absolute Gasteiger partial charge is 0.283 e. The van der Waals surface area contributed by atoms with Gasteiger partial charge >= 0.3 is 0 Å². The molecular weight excluding hydrogens is 278 g/mol. The van der Waals surface area contributed by atoms with Crippen molar-refractivity contribution in [3.63, 3.8) is 0 Å². The molecule has 0 spiro atoms. The van der Waals surface area contributed by atoms with E-state index in [2.05, 4.69) is 15.0 Å². The summed E-state index contributed by atoms with van der Waals surface area (Å²) in [5, 5.41) is 19.0. The number of imidazole rings is 1. The molecule has 0 saturated carbocycles. The van der Waals surface area contributed by atoms with E-state index in [1.807, 2.05) is 0 Å². The molecule has 1 saturated heterocycles. The van der Waals surface area contributed by atoms with E-state index >= 15 is 0 Å². The van der Waals surface area contributed by atoms with Crippen molar-refractivity contribution >= 4 is 17.1 Å². The molecule has 1 unspecified atom stereocenters. The molecule has 3 rings (SSSR count). The van der Waals surface area contributed by atoms with Crippen LogP contribution in [0, 0.1) is 0 Å². The summed E-state index contributed by atoms with van der Waals surface area (Å²) in [6.07, 6.45) is -0.576. The number of aliphatic hydroxyl groups is 2. The van der Waals surface area contributed by atoms with Crippen molar-refractivity contribution in [3.05, 3.63) is 16.7 Å². The van der Waals surface area contributed by atoms with Crippen LogP contribution in [0.3, 0.4) is 0 Å². The van der Waals surface area contributed by atoms with Gasteiger partial charge in [-0.25, -0.2) is 9.55 Å². The first kappa shape index (κ1) is 14.0. The molecule has 0 amide bonds. The molecule has 3 N–H and O–H groups in total. The minimum atomic E-state index is -0.820. The van der Waals surface area contributed by atoms with Gasteiger partial charge in [0.2, 0.25) is 5.95 Å². The second-order valence-corrected chi connectivity index (χ2v) is 5.20. The summed E-state index contributed by atoms with van der Waals surface area (Å²) in [5.41, 5.74) is 0.292. The standard InChI is InChI=1S/C12H17N5O4/c1-16(2)12-15-10-9(13-5-14-10)11(20)17(12)8-3-6(19)7(4-18)21-8/h5-8,18-19H,3-4H2,1-2H3,(H,13,14)/t6-,7+,8?/m0/s1. The van der Waals surface area contributed by atoms with Crippen molar-refractivity contribution in [1.29, 1.82) is 0 Å². The van der Waals surface area contributed by atoms with Crippen LogP contribution in [0.2, 0.25) is 0 Å². The van der Waals surface area contributed by atoms with Crippen LogP contribution in [-0.2, 0) is 4.74 Å². The minimum absolute atomic E-state index is 0.216. The molecule has 1 aliphatic rings. The van der Waals surface area contributed by atoms with E-state index in [0.29, 0.717) is 11.6 Å². The largest absolute Gasteiger partial charge is 0.394 e. The predicted octanol–water partition coefficient (Wildman–Crippen LogP) is -1.17. The van der Waals surface area contributed by atoms with Crippen LogP contribution in [0.5, 0.6) is 0 Å². The fourth-order valence-corrected chi connectivity index (χ4v) is 2.50. The summed E-state index contributed by atoms with van der Waals surface area (Å²) < 4.78 is 6.94. The Morgan fingerprint density at radius 2 is 2.33 bits per heavy atom. The zero-order valence-corrected chi connectivity index (χ0v) is 11.7.